The molecule has 0 radical (unpaired) electrons. The number of aromatic nitrogens is 1. The maximum atomic E-state index is 11.1. The number of anilines is 1. The van der Waals surface area contributed by atoms with Crippen LogP contribution in [0.25, 0.3) is 0 Å². The fraction of sp³-hybridized carbons (Fsp3) is 0. The maximum absolute atomic E-state index is 11.1. The van der Waals surface area contributed by atoms with Gasteiger partial charge in [0.15, 0.2) is 0 Å². The number of rotatable bonds is 3. The van der Waals surface area contributed by atoms with Gasteiger partial charge in [0.05, 0.1) is 5.69 Å². The molecule has 0 spiro atoms. The Morgan fingerprint density at radius 3 is 2.72 bits per heavy atom. The molecule has 1 aromatic carbocycles. The van der Waals surface area contributed by atoms with Crippen LogP contribution in [0.15, 0.2) is 50.8 Å². The molecule has 0 unspecified atom stereocenters. The SMILES string of the molecule is NC(=O)c1ccc(N)c(Sc2cccc(Br)c2)n1. The summed E-state index contributed by atoms with van der Waals surface area (Å²) >= 11 is 4.78. The average Bonchev–Trinajstić information content (AvgIpc) is 2.31. The van der Waals surface area contributed by atoms with Crippen LogP contribution in [0.3, 0.4) is 0 Å². The molecule has 0 fully saturated rings. The molecule has 1 amide bonds. The topological polar surface area (TPSA) is 82.0 Å². The van der Waals surface area contributed by atoms with Gasteiger partial charge in [0.25, 0.3) is 5.91 Å². The van der Waals surface area contributed by atoms with E-state index in [1.807, 2.05) is 24.3 Å². The van der Waals surface area contributed by atoms with Crippen LogP contribution >= 0.6 is 27.7 Å². The zero-order valence-corrected chi connectivity index (χ0v) is 11.7. The minimum Gasteiger partial charge on any atom is -0.397 e. The number of halogens is 1. The van der Waals surface area contributed by atoms with Crippen LogP contribution in [0.4, 0.5) is 5.69 Å². The third kappa shape index (κ3) is 3.02. The Bertz CT molecular complexity index is 604. The Morgan fingerprint density at radius 1 is 1.28 bits per heavy atom. The van der Waals surface area contributed by atoms with Crippen LogP contribution in [0, 0.1) is 0 Å². The molecule has 92 valence electrons. The number of carbonyl (C=O) groups is 1. The van der Waals surface area contributed by atoms with E-state index in [9.17, 15) is 4.79 Å². The smallest absolute Gasteiger partial charge is 0.267 e. The Hall–Kier alpha value is -1.53. The van der Waals surface area contributed by atoms with Crippen molar-refractivity contribution in [1.82, 2.24) is 4.98 Å². The lowest BCUT2D eigenvalue weighted by Crippen LogP contribution is -2.13. The van der Waals surface area contributed by atoms with Crippen molar-refractivity contribution in [2.45, 2.75) is 9.92 Å². The van der Waals surface area contributed by atoms with Crippen LogP contribution in [0.2, 0.25) is 0 Å². The van der Waals surface area contributed by atoms with Crippen molar-refractivity contribution in [1.29, 1.82) is 0 Å². The number of amides is 1. The second-order valence-corrected chi connectivity index (χ2v) is 5.49. The maximum Gasteiger partial charge on any atom is 0.267 e. The number of hydrogen-bond acceptors (Lipinski definition) is 4. The van der Waals surface area contributed by atoms with Crippen LogP contribution in [0.5, 0.6) is 0 Å². The first-order chi connectivity index (χ1) is 8.56. The molecule has 0 aliphatic carbocycles. The third-order valence-corrected chi connectivity index (χ3v) is 3.66. The number of carbonyl (C=O) groups excluding carboxylic acids is 1. The molecule has 0 saturated carbocycles. The number of nitrogen functional groups attached to an aromatic ring is 1. The zero-order valence-electron chi connectivity index (χ0n) is 9.26. The Morgan fingerprint density at radius 2 is 2.06 bits per heavy atom. The Balaban J connectivity index is 2.33. The molecule has 4 N–H and O–H groups in total. The van der Waals surface area contributed by atoms with Crippen molar-refractivity contribution < 1.29 is 4.79 Å². The summed E-state index contributed by atoms with van der Waals surface area (Å²) in [4.78, 5) is 16.2. The van der Waals surface area contributed by atoms with Crippen molar-refractivity contribution in [2.75, 3.05) is 5.73 Å². The highest BCUT2D eigenvalue weighted by Crippen LogP contribution is 2.31. The highest BCUT2D eigenvalue weighted by molar-refractivity contribution is 9.10. The molecule has 0 aliphatic rings. The average molecular weight is 324 g/mol. The number of benzene rings is 1. The lowest BCUT2D eigenvalue weighted by molar-refractivity contribution is 0.0995. The molecule has 18 heavy (non-hydrogen) atoms. The van der Waals surface area contributed by atoms with Crippen LogP contribution in [-0.4, -0.2) is 10.9 Å². The first-order valence-electron chi connectivity index (χ1n) is 5.06. The first-order valence-corrected chi connectivity index (χ1v) is 6.67. The molecule has 4 nitrogen and oxygen atoms in total. The summed E-state index contributed by atoms with van der Waals surface area (Å²) in [6.45, 7) is 0. The summed E-state index contributed by atoms with van der Waals surface area (Å²) in [5, 5.41) is 0.574. The fourth-order valence-electron chi connectivity index (χ4n) is 1.31. The van der Waals surface area contributed by atoms with E-state index < -0.39 is 5.91 Å². The van der Waals surface area contributed by atoms with E-state index in [1.54, 1.807) is 6.07 Å². The highest BCUT2D eigenvalue weighted by Gasteiger charge is 2.08. The van der Waals surface area contributed by atoms with Crippen LogP contribution in [-0.2, 0) is 0 Å². The molecular weight excluding hydrogens is 314 g/mol. The van der Waals surface area contributed by atoms with E-state index in [1.165, 1.54) is 17.8 Å². The van der Waals surface area contributed by atoms with Gasteiger partial charge >= 0.3 is 0 Å². The Kier molecular flexibility index (Phi) is 3.88. The van der Waals surface area contributed by atoms with Crippen LogP contribution < -0.4 is 11.5 Å². The van der Waals surface area contributed by atoms with E-state index >= 15 is 0 Å². The second-order valence-electron chi connectivity index (χ2n) is 3.51. The quantitative estimate of drug-likeness (QED) is 0.909. The molecule has 0 saturated heterocycles. The summed E-state index contributed by atoms with van der Waals surface area (Å²) in [5.41, 5.74) is 11.7. The lowest BCUT2D eigenvalue weighted by Gasteiger charge is -2.06. The summed E-state index contributed by atoms with van der Waals surface area (Å²) in [5.74, 6) is -0.564. The van der Waals surface area contributed by atoms with Crippen molar-refractivity contribution in [3.8, 4) is 0 Å². The Labute approximate surface area is 117 Å². The highest BCUT2D eigenvalue weighted by atomic mass is 79.9. The van der Waals surface area contributed by atoms with Gasteiger partial charge < -0.3 is 11.5 Å². The van der Waals surface area contributed by atoms with Crippen LogP contribution in [0.1, 0.15) is 10.5 Å². The second kappa shape index (κ2) is 5.41. The predicted octanol–water partition coefficient (Wildman–Crippen LogP) is 2.68. The normalized spacial score (nSPS) is 10.3. The fourth-order valence-corrected chi connectivity index (χ4v) is 2.75. The number of pyridine rings is 1. The number of nitrogens with two attached hydrogens (primary N) is 2. The first kappa shape index (κ1) is 12.9. The molecule has 0 bridgehead atoms. The summed E-state index contributed by atoms with van der Waals surface area (Å²) in [6, 6.07) is 10.9. The van der Waals surface area contributed by atoms with Crippen molar-refractivity contribution in [2.24, 2.45) is 5.73 Å². The molecular formula is C12H10BrN3OS. The van der Waals surface area contributed by atoms with E-state index in [0.717, 1.165) is 9.37 Å². The molecule has 2 aromatic rings. The zero-order chi connectivity index (χ0) is 13.1. The van der Waals surface area contributed by atoms with Gasteiger partial charge in [-0.25, -0.2) is 4.98 Å². The minimum atomic E-state index is -0.564. The van der Waals surface area contributed by atoms with Crippen molar-refractivity contribution in [3.05, 3.63) is 46.6 Å². The molecule has 0 atom stereocenters. The number of nitrogens with zero attached hydrogens (tertiary/aromatic N) is 1. The van der Waals surface area contributed by atoms with Gasteiger partial charge in [-0.05, 0) is 30.3 Å². The molecule has 1 aromatic heterocycles. The van der Waals surface area contributed by atoms with E-state index in [-0.39, 0.29) is 5.69 Å². The van der Waals surface area contributed by atoms with E-state index in [0.29, 0.717) is 10.7 Å². The lowest BCUT2D eigenvalue weighted by atomic mass is 10.3. The molecule has 6 heteroatoms. The standard InChI is InChI=1S/C12H10BrN3OS/c13-7-2-1-3-8(6-7)18-12-9(14)4-5-10(16-12)11(15)17/h1-6H,14H2,(H2,15,17). The van der Waals surface area contributed by atoms with Gasteiger partial charge in [0.2, 0.25) is 0 Å². The number of primary amides is 1. The van der Waals surface area contributed by atoms with Gasteiger partial charge in [-0.15, -0.1) is 0 Å². The summed E-state index contributed by atoms with van der Waals surface area (Å²) < 4.78 is 0.970. The minimum absolute atomic E-state index is 0.210. The predicted molar refractivity (Wildman–Crippen MR) is 75.4 cm³/mol. The van der Waals surface area contributed by atoms with Gasteiger partial charge in [0, 0.05) is 9.37 Å². The van der Waals surface area contributed by atoms with E-state index in [4.69, 9.17) is 11.5 Å². The van der Waals surface area contributed by atoms with Gasteiger partial charge in [-0.2, -0.15) is 0 Å². The molecule has 2 rings (SSSR count). The summed E-state index contributed by atoms with van der Waals surface area (Å²) in [7, 11) is 0. The van der Waals surface area contributed by atoms with Crippen molar-refractivity contribution >= 4 is 39.3 Å². The number of hydrogen-bond donors (Lipinski definition) is 2. The van der Waals surface area contributed by atoms with E-state index in [2.05, 4.69) is 20.9 Å². The molecule has 1 heterocycles. The monoisotopic (exact) mass is 323 g/mol. The summed E-state index contributed by atoms with van der Waals surface area (Å²) in [6.07, 6.45) is 0. The van der Waals surface area contributed by atoms with Gasteiger partial charge in [-0.3, -0.25) is 4.79 Å². The third-order valence-electron chi connectivity index (χ3n) is 2.15. The molecule has 0 aliphatic heterocycles. The largest absolute Gasteiger partial charge is 0.397 e. The van der Waals surface area contributed by atoms with Gasteiger partial charge in [-0.1, -0.05) is 33.8 Å². The van der Waals surface area contributed by atoms with Crippen molar-refractivity contribution in [3.63, 3.8) is 0 Å². The van der Waals surface area contributed by atoms with Gasteiger partial charge in [0.1, 0.15) is 10.7 Å².